The van der Waals surface area contributed by atoms with Gasteiger partial charge in [0.1, 0.15) is 0 Å². The highest BCUT2D eigenvalue weighted by Gasteiger charge is 2.18. The summed E-state index contributed by atoms with van der Waals surface area (Å²) in [5.74, 6) is -0.574. The molecule has 0 bridgehead atoms. The molecule has 3 aromatic rings. The molecule has 0 radical (unpaired) electrons. The van der Waals surface area contributed by atoms with Crippen LogP contribution in [0.5, 0.6) is 0 Å². The fourth-order valence-electron chi connectivity index (χ4n) is 3.52. The second-order valence-electron chi connectivity index (χ2n) is 7.53. The monoisotopic (exact) mass is 461 g/mol. The van der Waals surface area contributed by atoms with Crippen molar-refractivity contribution in [2.24, 2.45) is 17.4 Å². The third-order valence-corrected chi connectivity index (χ3v) is 4.95. The largest absolute Gasteiger partial charge is 0.478 e. The van der Waals surface area contributed by atoms with Gasteiger partial charge in [-0.25, -0.2) is 4.79 Å². The molecule has 0 amide bonds. The number of aromatic carboxylic acids is 1. The summed E-state index contributed by atoms with van der Waals surface area (Å²) in [7, 11) is 0. The molecule has 1 heterocycles. The van der Waals surface area contributed by atoms with E-state index in [-0.39, 0.29) is 30.4 Å². The van der Waals surface area contributed by atoms with Crippen LogP contribution in [0.3, 0.4) is 0 Å². The van der Waals surface area contributed by atoms with Crippen molar-refractivity contribution in [3.63, 3.8) is 0 Å². The summed E-state index contributed by atoms with van der Waals surface area (Å²) in [4.78, 5) is 16.6. The predicted molar refractivity (Wildman–Crippen MR) is 131 cm³/mol. The zero-order valence-electron chi connectivity index (χ0n) is 17.7. The smallest absolute Gasteiger partial charge is 0.336 e. The van der Waals surface area contributed by atoms with Crippen molar-refractivity contribution < 1.29 is 9.90 Å². The number of hydrogen-bond acceptors (Lipinski definition) is 4. The van der Waals surface area contributed by atoms with Gasteiger partial charge in [-0.1, -0.05) is 56.3 Å². The van der Waals surface area contributed by atoms with E-state index in [1.807, 2.05) is 36.4 Å². The first-order valence-corrected chi connectivity index (χ1v) is 9.79. The maximum atomic E-state index is 11.7. The van der Waals surface area contributed by atoms with Crippen molar-refractivity contribution in [1.29, 1.82) is 0 Å². The Morgan fingerprint density at radius 3 is 2.16 bits per heavy atom. The number of carbonyl (C=O) groups is 1. The molecule has 0 saturated carbocycles. The van der Waals surface area contributed by atoms with Gasteiger partial charge in [0.25, 0.3) is 0 Å². The highest BCUT2D eigenvalue weighted by molar-refractivity contribution is 5.96. The van der Waals surface area contributed by atoms with Crippen LogP contribution in [-0.2, 0) is 19.5 Å². The van der Waals surface area contributed by atoms with Crippen molar-refractivity contribution in [2.75, 3.05) is 0 Å². The van der Waals surface area contributed by atoms with Crippen LogP contribution in [0, 0.1) is 5.92 Å². The van der Waals surface area contributed by atoms with Gasteiger partial charge < -0.3 is 16.6 Å². The Morgan fingerprint density at radius 1 is 0.968 bits per heavy atom. The number of aromatic nitrogens is 1. The average molecular weight is 462 g/mol. The van der Waals surface area contributed by atoms with Gasteiger partial charge in [0.05, 0.1) is 11.3 Å². The third-order valence-electron chi connectivity index (χ3n) is 4.95. The van der Waals surface area contributed by atoms with Crippen LogP contribution in [0.1, 0.15) is 41.0 Å². The Labute approximate surface area is 195 Å². The number of halogens is 2. The molecule has 0 spiro atoms. The Morgan fingerprint density at radius 2 is 1.61 bits per heavy atom. The summed E-state index contributed by atoms with van der Waals surface area (Å²) in [6, 6.07) is 17.0. The average Bonchev–Trinajstić information content (AvgIpc) is 2.72. The second kappa shape index (κ2) is 11.8. The second-order valence-corrected chi connectivity index (χ2v) is 7.53. The minimum Gasteiger partial charge on any atom is -0.478 e. The lowest BCUT2D eigenvalue weighted by molar-refractivity contribution is 0.0697. The standard InChI is InChI=1S/C24H27N3O2.2ClH/c1-15(2)11-22-21(14-26)20(17-9-7-16(13-25)8-10-17)12-23(27-22)18-5-3-4-6-19(18)24(28)29;;/h3-10,12,15H,11,13-14,25-26H2,1-2H3,(H,28,29);2*1H. The summed E-state index contributed by atoms with van der Waals surface area (Å²) in [6.07, 6.45) is 0.767. The van der Waals surface area contributed by atoms with Crippen LogP contribution in [-0.4, -0.2) is 16.1 Å². The van der Waals surface area contributed by atoms with Crippen molar-refractivity contribution >= 4 is 30.8 Å². The van der Waals surface area contributed by atoms with E-state index < -0.39 is 5.97 Å². The predicted octanol–water partition coefficient (Wildman–Crippen LogP) is 5.07. The van der Waals surface area contributed by atoms with Gasteiger partial charge >= 0.3 is 5.97 Å². The number of carboxylic acids is 1. The maximum absolute atomic E-state index is 11.7. The number of rotatable bonds is 7. The molecule has 3 rings (SSSR count). The molecule has 31 heavy (non-hydrogen) atoms. The fraction of sp³-hybridized carbons (Fsp3) is 0.250. The van der Waals surface area contributed by atoms with Crippen molar-refractivity contribution in [3.05, 3.63) is 77.0 Å². The third kappa shape index (κ3) is 6.05. The lowest BCUT2D eigenvalue weighted by Crippen LogP contribution is -2.11. The van der Waals surface area contributed by atoms with Crippen molar-refractivity contribution in [1.82, 2.24) is 4.98 Å². The van der Waals surface area contributed by atoms with E-state index >= 15 is 0 Å². The summed E-state index contributed by atoms with van der Waals surface area (Å²) in [5, 5.41) is 9.63. The van der Waals surface area contributed by atoms with Crippen molar-refractivity contribution in [3.8, 4) is 22.4 Å². The first-order chi connectivity index (χ1) is 13.9. The van der Waals surface area contributed by atoms with E-state index in [4.69, 9.17) is 16.5 Å². The van der Waals surface area contributed by atoms with Gasteiger partial charge in [0, 0.05) is 24.3 Å². The number of benzene rings is 2. The van der Waals surface area contributed by atoms with E-state index in [2.05, 4.69) is 13.8 Å². The lowest BCUT2D eigenvalue weighted by atomic mass is 9.92. The topological polar surface area (TPSA) is 102 Å². The summed E-state index contributed by atoms with van der Waals surface area (Å²) < 4.78 is 0. The number of nitrogens with zero attached hydrogens (tertiary/aromatic N) is 1. The zero-order valence-corrected chi connectivity index (χ0v) is 19.3. The molecule has 0 fully saturated rings. The van der Waals surface area contributed by atoms with Crippen LogP contribution in [0.4, 0.5) is 0 Å². The molecule has 5 N–H and O–H groups in total. The van der Waals surface area contributed by atoms with E-state index in [0.717, 1.165) is 34.4 Å². The van der Waals surface area contributed by atoms with Gasteiger partial charge in [-0.05, 0) is 46.7 Å². The molecule has 0 aliphatic rings. The van der Waals surface area contributed by atoms with E-state index in [9.17, 15) is 9.90 Å². The van der Waals surface area contributed by atoms with Crippen LogP contribution in [0.25, 0.3) is 22.4 Å². The van der Waals surface area contributed by atoms with Crippen LogP contribution < -0.4 is 11.5 Å². The van der Waals surface area contributed by atoms with Crippen LogP contribution >= 0.6 is 24.8 Å². The molecule has 2 aromatic carbocycles. The highest BCUT2D eigenvalue weighted by Crippen LogP contribution is 2.32. The summed E-state index contributed by atoms with van der Waals surface area (Å²) in [5.41, 5.74) is 18.3. The molecule has 0 saturated heterocycles. The molecular formula is C24H29Cl2N3O2. The van der Waals surface area contributed by atoms with Gasteiger partial charge in [0.2, 0.25) is 0 Å². The SMILES string of the molecule is CC(C)Cc1nc(-c2ccccc2C(=O)O)cc(-c2ccc(CN)cc2)c1CN.Cl.Cl. The Hall–Kier alpha value is -2.44. The normalized spacial score (nSPS) is 10.4. The Balaban J connectivity index is 0.00000240. The molecule has 5 nitrogen and oxygen atoms in total. The van der Waals surface area contributed by atoms with Crippen LogP contribution in [0.2, 0.25) is 0 Å². The van der Waals surface area contributed by atoms with Gasteiger partial charge in [-0.15, -0.1) is 24.8 Å². The van der Waals surface area contributed by atoms with Gasteiger partial charge in [-0.3, -0.25) is 4.98 Å². The number of hydrogen-bond donors (Lipinski definition) is 3. The molecule has 166 valence electrons. The number of pyridine rings is 1. The molecule has 0 aliphatic heterocycles. The molecule has 0 atom stereocenters. The van der Waals surface area contributed by atoms with Crippen LogP contribution in [0.15, 0.2) is 54.6 Å². The molecule has 7 heteroatoms. The highest BCUT2D eigenvalue weighted by atomic mass is 35.5. The zero-order chi connectivity index (χ0) is 21.0. The molecular weight excluding hydrogens is 433 g/mol. The summed E-state index contributed by atoms with van der Waals surface area (Å²) in [6.45, 7) is 5.12. The first kappa shape index (κ1) is 26.6. The number of carboxylic acid groups (broad SMARTS) is 1. The minimum absolute atomic E-state index is 0. The lowest BCUT2D eigenvalue weighted by Gasteiger charge is -2.18. The summed E-state index contributed by atoms with van der Waals surface area (Å²) >= 11 is 0. The maximum Gasteiger partial charge on any atom is 0.336 e. The van der Waals surface area contributed by atoms with E-state index in [1.54, 1.807) is 18.2 Å². The molecule has 1 aromatic heterocycles. The fourth-order valence-corrected chi connectivity index (χ4v) is 3.52. The number of nitrogens with two attached hydrogens (primary N) is 2. The van der Waals surface area contributed by atoms with Crippen molar-refractivity contribution in [2.45, 2.75) is 33.4 Å². The van der Waals surface area contributed by atoms with Gasteiger partial charge in [0.15, 0.2) is 0 Å². The Kier molecular flexibility index (Phi) is 10.1. The van der Waals surface area contributed by atoms with E-state index in [1.165, 1.54) is 0 Å². The van der Waals surface area contributed by atoms with Gasteiger partial charge in [-0.2, -0.15) is 0 Å². The minimum atomic E-state index is -0.968. The molecule has 0 aliphatic carbocycles. The Bertz CT molecular complexity index is 1020. The van der Waals surface area contributed by atoms with E-state index in [0.29, 0.717) is 30.3 Å². The quantitative estimate of drug-likeness (QED) is 0.455. The first-order valence-electron chi connectivity index (χ1n) is 9.79. The molecule has 0 unspecified atom stereocenters.